The van der Waals surface area contributed by atoms with Crippen LogP contribution in [0.3, 0.4) is 0 Å². The van der Waals surface area contributed by atoms with Gasteiger partial charge in [-0.15, -0.1) is 10.2 Å². The van der Waals surface area contributed by atoms with E-state index in [0.29, 0.717) is 29.6 Å². The predicted molar refractivity (Wildman–Crippen MR) is 117 cm³/mol. The quantitative estimate of drug-likeness (QED) is 0.480. The molecule has 164 valence electrons. The van der Waals surface area contributed by atoms with Crippen molar-refractivity contribution in [2.45, 2.75) is 43.2 Å². The van der Waals surface area contributed by atoms with E-state index in [4.69, 9.17) is 5.84 Å². The van der Waals surface area contributed by atoms with Crippen LogP contribution in [0.1, 0.15) is 33.1 Å². The standard InChI is InChI=1S/C19H28N6O3S2/c1-3-24(4-2)30(27,28)16-10-8-9-15(13-16)18-21-22-19(25(18)20)29-14-17(26)23-11-6-5-7-12-23/h8-10,13H,3-7,11-12,14,20H2,1-2H3. The summed E-state index contributed by atoms with van der Waals surface area (Å²) in [4.78, 5) is 14.4. The average Bonchev–Trinajstić information content (AvgIpc) is 3.13. The Hall–Kier alpha value is -2.11. The topological polar surface area (TPSA) is 114 Å². The van der Waals surface area contributed by atoms with Gasteiger partial charge in [-0.3, -0.25) is 4.79 Å². The van der Waals surface area contributed by atoms with Gasteiger partial charge in [-0.25, -0.2) is 13.1 Å². The first kappa shape index (κ1) is 22.6. The smallest absolute Gasteiger partial charge is 0.243 e. The van der Waals surface area contributed by atoms with Crippen LogP contribution >= 0.6 is 11.8 Å². The second kappa shape index (κ2) is 9.80. The van der Waals surface area contributed by atoms with Crippen molar-refractivity contribution < 1.29 is 13.2 Å². The predicted octanol–water partition coefficient (Wildman–Crippen LogP) is 1.79. The number of piperidine rings is 1. The number of carbonyl (C=O) groups excluding carboxylic acids is 1. The number of carbonyl (C=O) groups is 1. The number of thioether (sulfide) groups is 1. The number of nitrogen functional groups attached to an aromatic ring is 1. The number of hydrogen-bond donors (Lipinski definition) is 1. The average molecular weight is 453 g/mol. The fourth-order valence-electron chi connectivity index (χ4n) is 3.44. The van der Waals surface area contributed by atoms with Crippen LogP contribution in [0.25, 0.3) is 11.4 Å². The summed E-state index contributed by atoms with van der Waals surface area (Å²) in [5.74, 6) is 6.81. The van der Waals surface area contributed by atoms with Gasteiger partial charge < -0.3 is 10.7 Å². The molecule has 1 amide bonds. The van der Waals surface area contributed by atoms with E-state index < -0.39 is 10.0 Å². The molecule has 0 saturated carbocycles. The van der Waals surface area contributed by atoms with Gasteiger partial charge in [0.15, 0.2) is 5.82 Å². The molecule has 0 unspecified atom stereocenters. The van der Waals surface area contributed by atoms with Crippen molar-refractivity contribution in [1.82, 2.24) is 24.1 Å². The second-order valence-corrected chi connectivity index (χ2v) is 9.90. The Bertz CT molecular complexity index is 982. The first-order chi connectivity index (χ1) is 14.4. The zero-order valence-corrected chi connectivity index (χ0v) is 19.0. The highest BCUT2D eigenvalue weighted by atomic mass is 32.2. The number of nitrogens with zero attached hydrogens (tertiary/aromatic N) is 5. The minimum atomic E-state index is -3.59. The van der Waals surface area contributed by atoms with Crippen molar-refractivity contribution in [3.05, 3.63) is 24.3 Å². The Morgan fingerprint density at radius 2 is 1.87 bits per heavy atom. The lowest BCUT2D eigenvalue weighted by molar-refractivity contribution is -0.129. The number of rotatable bonds is 8. The zero-order valence-electron chi connectivity index (χ0n) is 17.3. The van der Waals surface area contributed by atoms with Crippen LogP contribution in [-0.4, -0.2) is 70.3 Å². The summed E-state index contributed by atoms with van der Waals surface area (Å²) in [6, 6.07) is 6.50. The van der Waals surface area contributed by atoms with E-state index in [1.807, 2.05) is 4.90 Å². The van der Waals surface area contributed by atoms with E-state index in [-0.39, 0.29) is 16.6 Å². The molecule has 1 aliphatic rings. The molecule has 0 atom stereocenters. The fraction of sp³-hybridized carbons (Fsp3) is 0.526. The summed E-state index contributed by atoms with van der Waals surface area (Å²) >= 11 is 1.23. The molecule has 2 N–H and O–H groups in total. The molecule has 11 heteroatoms. The maximum atomic E-state index is 12.8. The van der Waals surface area contributed by atoms with Crippen molar-refractivity contribution in [1.29, 1.82) is 0 Å². The normalized spacial score (nSPS) is 15.0. The Morgan fingerprint density at radius 3 is 2.53 bits per heavy atom. The van der Waals surface area contributed by atoms with Gasteiger partial charge in [0, 0.05) is 31.7 Å². The largest absolute Gasteiger partial charge is 0.342 e. The van der Waals surface area contributed by atoms with Crippen LogP contribution in [0.5, 0.6) is 0 Å². The molecule has 0 radical (unpaired) electrons. The van der Waals surface area contributed by atoms with Crippen LogP contribution in [0.15, 0.2) is 34.3 Å². The Balaban J connectivity index is 1.76. The van der Waals surface area contributed by atoms with E-state index in [1.165, 1.54) is 27.2 Å². The van der Waals surface area contributed by atoms with Crippen molar-refractivity contribution in [3.8, 4) is 11.4 Å². The third kappa shape index (κ3) is 4.79. The lowest BCUT2D eigenvalue weighted by Crippen LogP contribution is -2.36. The SMILES string of the molecule is CCN(CC)S(=O)(=O)c1cccc(-c2nnc(SCC(=O)N3CCCCC3)n2N)c1. The van der Waals surface area contributed by atoms with Crippen LogP contribution in [0.2, 0.25) is 0 Å². The highest BCUT2D eigenvalue weighted by molar-refractivity contribution is 7.99. The van der Waals surface area contributed by atoms with E-state index in [0.717, 1.165) is 25.9 Å². The number of likely N-dealkylation sites (tertiary alicyclic amines) is 1. The summed E-state index contributed by atoms with van der Waals surface area (Å²) in [5.41, 5.74) is 0.549. The van der Waals surface area contributed by atoms with Gasteiger partial charge in [0.05, 0.1) is 10.6 Å². The van der Waals surface area contributed by atoms with E-state index >= 15 is 0 Å². The Labute approximate surface area is 181 Å². The van der Waals surface area contributed by atoms with Crippen LogP contribution < -0.4 is 5.84 Å². The first-order valence-electron chi connectivity index (χ1n) is 10.1. The third-order valence-corrected chi connectivity index (χ3v) is 8.11. The van der Waals surface area contributed by atoms with E-state index in [2.05, 4.69) is 10.2 Å². The lowest BCUT2D eigenvalue weighted by atomic mass is 10.1. The molecular weight excluding hydrogens is 424 g/mol. The molecule has 1 fully saturated rings. The monoisotopic (exact) mass is 452 g/mol. The minimum absolute atomic E-state index is 0.0663. The molecular formula is C19H28N6O3S2. The summed E-state index contributed by atoms with van der Waals surface area (Å²) in [6.07, 6.45) is 3.25. The number of aromatic nitrogens is 3. The second-order valence-electron chi connectivity index (χ2n) is 7.02. The summed E-state index contributed by atoms with van der Waals surface area (Å²) in [7, 11) is -3.59. The number of hydrogen-bond acceptors (Lipinski definition) is 7. The fourth-order valence-corrected chi connectivity index (χ4v) is 5.71. The number of amides is 1. The minimum Gasteiger partial charge on any atom is -0.342 e. The molecule has 1 saturated heterocycles. The highest BCUT2D eigenvalue weighted by Crippen LogP contribution is 2.25. The van der Waals surface area contributed by atoms with Crippen molar-refractivity contribution in [2.75, 3.05) is 37.8 Å². The molecule has 9 nitrogen and oxygen atoms in total. The molecule has 0 spiro atoms. The molecule has 3 rings (SSSR count). The first-order valence-corrected chi connectivity index (χ1v) is 12.5. The van der Waals surface area contributed by atoms with Gasteiger partial charge in [0.25, 0.3) is 0 Å². The lowest BCUT2D eigenvalue weighted by Gasteiger charge is -2.26. The van der Waals surface area contributed by atoms with Crippen molar-refractivity contribution in [2.24, 2.45) is 0 Å². The van der Waals surface area contributed by atoms with Gasteiger partial charge in [-0.2, -0.15) is 4.31 Å². The van der Waals surface area contributed by atoms with Gasteiger partial charge >= 0.3 is 0 Å². The third-order valence-electron chi connectivity index (χ3n) is 5.13. The molecule has 0 aliphatic carbocycles. The molecule has 0 bridgehead atoms. The van der Waals surface area contributed by atoms with E-state index in [1.54, 1.807) is 38.1 Å². The summed E-state index contributed by atoms with van der Waals surface area (Å²) in [6.45, 7) is 5.98. The Morgan fingerprint density at radius 1 is 1.17 bits per heavy atom. The highest BCUT2D eigenvalue weighted by Gasteiger charge is 2.23. The maximum Gasteiger partial charge on any atom is 0.243 e. The molecule has 1 aliphatic heterocycles. The van der Waals surface area contributed by atoms with Gasteiger partial charge in [-0.1, -0.05) is 37.7 Å². The maximum absolute atomic E-state index is 12.8. The van der Waals surface area contributed by atoms with Crippen molar-refractivity contribution >= 4 is 27.7 Å². The number of benzene rings is 1. The van der Waals surface area contributed by atoms with E-state index in [9.17, 15) is 13.2 Å². The molecule has 30 heavy (non-hydrogen) atoms. The van der Waals surface area contributed by atoms with Gasteiger partial charge in [0.2, 0.25) is 21.1 Å². The number of sulfonamides is 1. The van der Waals surface area contributed by atoms with Crippen LogP contribution in [0, 0.1) is 0 Å². The molecule has 2 aromatic rings. The van der Waals surface area contributed by atoms with Crippen LogP contribution in [-0.2, 0) is 14.8 Å². The van der Waals surface area contributed by atoms with Crippen LogP contribution in [0.4, 0.5) is 0 Å². The van der Waals surface area contributed by atoms with Gasteiger partial charge in [-0.05, 0) is 31.4 Å². The molecule has 2 heterocycles. The molecule has 1 aromatic heterocycles. The Kier molecular flexibility index (Phi) is 7.37. The molecule has 1 aromatic carbocycles. The summed E-state index contributed by atoms with van der Waals surface area (Å²) in [5, 5.41) is 8.62. The summed E-state index contributed by atoms with van der Waals surface area (Å²) < 4.78 is 28.3. The zero-order chi connectivity index (χ0) is 21.7. The van der Waals surface area contributed by atoms with Gasteiger partial charge in [0.1, 0.15) is 0 Å². The number of nitrogens with two attached hydrogens (primary N) is 1. The van der Waals surface area contributed by atoms with Crippen molar-refractivity contribution in [3.63, 3.8) is 0 Å².